The van der Waals surface area contributed by atoms with E-state index in [0.29, 0.717) is 17.3 Å². The van der Waals surface area contributed by atoms with Crippen LogP contribution in [0.15, 0.2) is 28.2 Å². The molecule has 7 rings (SSSR count). The first-order valence-corrected chi connectivity index (χ1v) is 12.3. The Morgan fingerprint density at radius 3 is 2.23 bits per heavy atom. The van der Waals surface area contributed by atoms with Crippen LogP contribution < -0.4 is 21.7 Å². The van der Waals surface area contributed by atoms with Gasteiger partial charge in [-0.3, -0.25) is 4.90 Å². The summed E-state index contributed by atoms with van der Waals surface area (Å²) >= 11 is 0. The second-order valence-corrected chi connectivity index (χ2v) is 11.0. The second-order valence-electron chi connectivity index (χ2n) is 11.0. The van der Waals surface area contributed by atoms with Crippen LogP contribution in [0.4, 0.5) is 11.4 Å². The topological polar surface area (TPSA) is 92.0 Å². The van der Waals surface area contributed by atoms with Gasteiger partial charge in [-0.1, -0.05) is 12.5 Å². The first-order chi connectivity index (χ1) is 15.0. The molecule has 1 aromatic carbocycles. The van der Waals surface area contributed by atoms with Gasteiger partial charge in [0.1, 0.15) is 5.66 Å². The van der Waals surface area contributed by atoms with Gasteiger partial charge in [0.05, 0.1) is 11.4 Å². The van der Waals surface area contributed by atoms with Gasteiger partial charge in [0.2, 0.25) is 11.9 Å². The van der Waals surface area contributed by atoms with Crippen molar-refractivity contribution in [1.29, 1.82) is 0 Å². The van der Waals surface area contributed by atoms with Gasteiger partial charge in [-0.05, 0) is 105 Å². The molecule has 0 amide bonds. The van der Waals surface area contributed by atoms with Crippen molar-refractivity contribution in [2.24, 2.45) is 39.2 Å². The fourth-order valence-corrected chi connectivity index (χ4v) is 8.19. The molecule has 6 aliphatic rings. The third-order valence-corrected chi connectivity index (χ3v) is 9.01. The minimum atomic E-state index is -0.403. The van der Waals surface area contributed by atoms with Crippen LogP contribution in [0.2, 0.25) is 0 Å². The molecule has 5 aliphatic carbocycles. The molecule has 6 nitrogen and oxygen atoms in total. The van der Waals surface area contributed by atoms with E-state index in [4.69, 9.17) is 16.5 Å². The van der Waals surface area contributed by atoms with Gasteiger partial charge in [0.15, 0.2) is 0 Å². The third-order valence-electron chi connectivity index (χ3n) is 9.01. The number of rotatable bonds is 3. The van der Waals surface area contributed by atoms with Gasteiger partial charge in [-0.2, -0.15) is 4.99 Å². The molecular weight excluding hydrogens is 384 g/mol. The lowest BCUT2D eigenvalue weighted by Gasteiger charge is -2.57. The van der Waals surface area contributed by atoms with Crippen LogP contribution in [-0.4, -0.2) is 24.6 Å². The van der Waals surface area contributed by atoms with Crippen molar-refractivity contribution in [2.75, 3.05) is 17.3 Å². The third kappa shape index (κ3) is 2.97. The van der Waals surface area contributed by atoms with Crippen molar-refractivity contribution in [1.82, 2.24) is 0 Å². The van der Waals surface area contributed by atoms with Crippen LogP contribution in [0.25, 0.3) is 0 Å². The maximum absolute atomic E-state index is 6.57. The average Bonchev–Trinajstić information content (AvgIpc) is 2.72. The van der Waals surface area contributed by atoms with Crippen LogP contribution >= 0.6 is 0 Å². The van der Waals surface area contributed by atoms with E-state index in [1.165, 1.54) is 50.5 Å². The van der Waals surface area contributed by atoms with Gasteiger partial charge in [0, 0.05) is 7.05 Å². The van der Waals surface area contributed by atoms with Crippen LogP contribution in [0.1, 0.15) is 76.2 Å². The molecule has 6 heteroatoms. The zero-order chi connectivity index (χ0) is 21.2. The molecule has 166 valence electrons. The molecule has 1 heterocycles. The quantitative estimate of drug-likeness (QED) is 0.679. The first-order valence-electron chi connectivity index (χ1n) is 12.3. The molecule has 0 saturated heterocycles. The first kappa shape index (κ1) is 19.4. The lowest BCUT2D eigenvalue weighted by atomic mass is 9.48. The second kappa shape index (κ2) is 6.88. The molecule has 5 fully saturated rings. The lowest BCUT2D eigenvalue weighted by Crippen LogP contribution is -2.58. The number of benzene rings is 1. The molecule has 31 heavy (non-hydrogen) atoms. The minimum absolute atomic E-state index is 0.318. The molecule has 0 unspecified atom stereocenters. The number of anilines is 2. The highest BCUT2D eigenvalue weighted by Crippen LogP contribution is 2.61. The van der Waals surface area contributed by atoms with Crippen molar-refractivity contribution < 1.29 is 0 Å². The number of guanidine groups is 2. The molecule has 4 bridgehead atoms. The normalized spacial score (nSPS) is 35.8. The Kier molecular flexibility index (Phi) is 4.31. The lowest BCUT2D eigenvalue weighted by molar-refractivity contribution is -0.00517. The Labute approximate surface area is 185 Å². The largest absolute Gasteiger partial charge is 0.386 e. The Hall–Kier alpha value is -2.24. The zero-order valence-corrected chi connectivity index (χ0v) is 18.7. The smallest absolute Gasteiger partial charge is 0.220 e. The predicted octanol–water partition coefficient (Wildman–Crippen LogP) is 4.31. The van der Waals surface area contributed by atoms with E-state index in [-0.39, 0.29) is 0 Å². The van der Waals surface area contributed by atoms with Crippen molar-refractivity contribution in [2.45, 2.75) is 81.7 Å². The summed E-state index contributed by atoms with van der Waals surface area (Å²) in [6, 6.07) is 7.06. The Balaban J connectivity index is 1.45. The van der Waals surface area contributed by atoms with Crippen LogP contribution in [0, 0.1) is 17.8 Å². The summed E-state index contributed by atoms with van der Waals surface area (Å²) in [5.74, 6) is 3.57. The van der Waals surface area contributed by atoms with E-state index in [2.05, 4.69) is 33.4 Å². The zero-order valence-electron chi connectivity index (χ0n) is 18.7. The van der Waals surface area contributed by atoms with E-state index in [1.54, 1.807) is 0 Å². The molecule has 1 aliphatic heterocycles. The number of nitrogens with two attached hydrogens (primary N) is 2. The number of hydrogen-bond donors (Lipinski definition) is 3. The fraction of sp³-hybridized carbons (Fsp3) is 0.680. The number of nitrogens with one attached hydrogen (secondary N) is 1. The van der Waals surface area contributed by atoms with Crippen molar-refractivity contribution in [3.8, 4) is 0 Å². The highest BCUT2D eigenvalue weighted by Gasteiger charge is 2.52. The average molecular weight is 421 g/mol. The monoisotopic (exact) mass is 420 g/mol. The molecule has 0 radical (unpaired) electrons. The van der Waals surface area contributed by atoms with Crippen LogP contribution in [0.5, 0.6) is 0 Å². The maximum Gasteiger partial charge on any atom is 0.220 e. The highest BCUT2D eigenvalue weighted by molar-refractivity contribution is 6.07. The molecule has 1 aromatic rings. The summed E-state index contributed by atoms with van der Waals surface area (Å²) in [5, 5.41) is 3.42. The molecule has 5 N–H and O–H groups in total. The maximum atomic E-state index is 6.57. The van der Waals surface area contributed by atoms with E-state index in [1.807, 2.05) is 7.05 Å². The SMILES string of the molecule is CNc1ccc(C23CC4CC(CC(C4)C2)C3)cc1N1C(N)=NC(N)=NC12CCCCC2. The summed E-state index contributed by atoms with van der Waals surface area (Å²) in [4.78, 5) is 11.5. The van der Waals surface area contributed by atoms with Crippen molar-refractivity contribution >= 4 is 23.3 Å². The Morgan fingerprint density at radius 2 is 1.61 bits per heavy atom. The van der Waals surface area contributed by atoms with E-state index < -0.39 is 5.66 Å². The highest BCUT2D eigenvalue weighted by atomic mass is 15.4. The number of aliphatic imine (C=N–C) groups is 2. The van der Waals surface area contributed by atoms with Gasteiger partial charge >= 0.3 is 0 Å². The Morgan fingerprint density at radius 1 is 0.968 bits per heavy atom. The summed E-state index contributed by atoms with van der Waals surface area (Å²) in [7, 11) is 1.99. The molecule has 0 atom stereocenters. The van der Waals surface area contributed by atoms with Gasteiger partial charge in [0.25, 0.3) is 0 Å². The van der Waals surface area contributed by atoms with Crippen LogP contribution in [-0.2, 0) is 5.41 Å². The van der Waals surface area contributed by atoms with Gasteiger partial charge in [-0.15, -0.1) is 0 Å². The van der Waals surface area contributed by atoms with E-state index in [0.717, 1.165) is 54.8 Å². The standard InChI is InChI=1S/C25H36N6/c1-28-20-6-5-19(24-13-16-9-17(14-24)11-18(10-16)15-24)12-21(20)31-23(27)29-22(26)30-25(31)7-3-2-4-8-25/h5-6,12,16-18,28H,2-4,7-11,13-15H2,1H3,(H4,26,27,29,30). The predicted molar refractivity (Wildman–Crippen MR) is 127 cm³/mol. The summed E-state index contributed by atoms with van der Waals surface area (Å²) in [5.41, 5.74) is 16.3. The molecular formula is C25H36N6. The molecule has 5 saturated carbocycles. The van der Waals surface area contributed by atoms with Crippen molar-refractivity contribution in [3.63, 3.8) is 0 Å². The number of hydrogen-bond acceptors (Lipinski definition) is 6. The van der Waals surface area contributed by atoms with E-state index >= 15 is 0 Å². The van der Waals surface area contributed by atoms with E-state index in [9.17, 15) is 0 Å². The number of nitrogens with zero attached hydrogens (tertiary/aromatic N) is 3. The fourth-order valence-electron chi connectivity index (χ4n) is 8.19. The molecule has 1 spiro atoms. The Bertz CT molecular complexity index is 906. The van der Waals surface area contributed by atoms with Crippen LogP contribution in [0.3, 0.4) is 0 Å². The summed E-state index contributed by atoms with van der Waals surface area (Å²) < 4.78 is 0. The minimum Gasteiger partial charge on any atom is -0.386 e. The summed E-state index contributed by atoms with van der Waals surface area (Å²) in [6.45, 7) is 0. The van der Waals surface area contributed by atoms with Crippen molar-refractivity contribution in [3.05, 3.63) is 23.8 Å². The van der Waals surface area contributed by atoms with Gasteiger partial charge in [-0.25, -0.2) is 4.99 Å². The molecule has 0 aromatic heterocycles. The van der Waals surface area contributed by atoms with Gasteiger partial charge < -0.3 is 16.8 Å². The summed E-state index contributed by atoms with van der Waals surface area (Å²) in [6.07, 6.45) is 13.9.